The van der Waals surface area contributed by atoms with Gasteiger partial charge in [-0.15, -0.1) is 0 Å². The molecular weight excluding hydrogens is 375 g/mol. The zero-order chi connectivity index (χ0) is 20.3. The Balaban J connectivity index is 1.92. The fourth-order valence-corrected chi connectivity index (χ4v) is 4.02. The minimum atomic E-state index is -0.619. The SMILES string of the molecule is CNc1nc(OC)nc2c(F)c(-c3c(C4CC4)c(C)cc4[nH]ncc34)[nH]c(=O)c12. The Morgan fingerprint density at radius 3 is 2.79 bits per heavy atom. The normalized spacial score (nSPS) is 13.9. The molecule has 3 N–H and O–H groups in total. The van der Waals surface area contributed by atoms with Gasteiger partial charge in [0.1, 0.15) is 16.7 Å². The number of aromatic nitrogens is 5. The van der Waals surface area contributed by atoms with Crippen LogP contribution in [0.3, 0.4) is 0 Å². The number of halogens is 1. The number of pyridine rings is 1. The molecule has 0 unspecified atom stereocenters. The van der Waals surface area contributed by atoms with E-state index in [-0.39, 0.29) is 28.4 Å². The Hall–Kier alpha value is -3.49. The number of H-pyrrole nitrogens is 2. The molecule has 8 nitrogen and oxygen atoms in total. The van der Waals surface area contributed by atoms with E-state index in [1.165, 1.54) is 7.11 Å². The molecule has 0 saturated heterocycles. The number of aromatic amines is 2. The van der Waals surface area contributed by atoms with Crippen LogP contribution in [-0.4, -0.2) is 39.3 Å². The molecule has 1 aromatic carbocycles. The highest BCUT2D eigenvalue weighted by atomic mass is 19.1. The number of aryl methyl sites for hydroxylation is 1. The molecule has 3 heterocycles. The molecule has 1 fully saturated rings. The van der Waals surface area contributed by atoms with Crippen LogP contribution in [0.4, 0.5) is 10.2 Å². The lowest BCUT2D eigenvalue weighted by Gasteiger charge is -2.16. The first-order valence-electron chi connectivity index (χ1n) is 9.35. The van der Waals surface area contributed by atoms with E-state index in [9.17, 15) is 4.79 Å². The van der Waals surface area contributed by atoms with E-state index in [1.807, 2.05) is 13.0 Å². The van der Waals surface area contributed by atoms with Gasteiger partial charge in [0.05, 0.1) is 24.5 Å². The van der Waals surface area contributed by atoms with Crippen LogP contribution in [0.25, 0.3) is 33.1 Å². The highest BCUT2D eigenvalue weighted by Crippen LogP contribution is 2.48. The van der Waals surface area contributed by atoms with Gasteiger partial charge in [-0.1, -0.05) is 0 Å². The minimum Gasteiger partial charge on any atom is -0.467 e. The fourth-order valence-electron chi connectivity index (χ4n) is 4.02. The van der Waals surface area contributed by atoms with Crippen LogP contribution in [0.15, 0.2) is 17.1 Å². The molecule has 3 aromatic heterocycles. The Labute approximate surface area is 164 Å². The summed E-state index contributed by atoms with van der Waals surface area (Å²) >= 11 is 0. The van der Waals surface area contributed by atoms with Gasteiger partial charge in [-0.05, 0) is 42.9 Å². The van der Waals surface area contributed by atoms with Crippen LogP contribution < -0.4 is 15.6 Å². The summed E-state index contributed by atoms with van der Waals surface area (Å²) in [6.07, 6.45) is 3.74. The summed E-state index contributed by atoms with van der Waals surface area (Å²) in [6, 6.07) is 2.00. The summed E-state index contributed by atoms with van der Waals surface area (Å²) in [4.78, 5) is 23.9. The fraction of sp³-hybridized carbons (Fsp3) is 0.300. The van der Waals surface area contributed by atoms with Gasteiger partial charge in [-0.2, -0.15) is 15.1 Å². The molecule has 0 bridgehead atoms. The first-order chi connectivity index (χ1) is 14.0. The van der Waals surface area contributed by atoms with Gasteiger partial charge in [0, 0.05) is 18.0 Å². The van der Waals surface area contributed by atoms with Crippen molar-refractivity contribution in [2.24, 2.45) is 0 Å². The molecule has 1 aliphatic carbocycles. The number of rotatable bonds is 4. The predicted molar refractivity (Wildman–Crippen MR) is 108 cm³/mol. The Kier molecular flexibility index (Phi) is 3.80. The average Bonchev–Trinajstić information content (AvgIpc) is 3.45. The third kappa shape index (κ3) is 2.57. The lowest BCUT2D eigenvalue weighted by molar-refractivity contribution is 0.382. The van der Waals surface area contributed by atoms with Gasteiger partial charge in [0.25, 0.3) is 5.56 Å². The number of benzene rings is 1. The summed E-state index contributed by atoms with van der Waals surface area (Å²) in [5.74, 6) is -0.0684. The minimum absolute atomic E-state index is 0.0163. The van der Waals surface area contributed by atoms with Gasteiger partial charge in [0.2, 0.25) is 0 Å². The predicted octanol–water partition coefficient (Wildman–Crippen LogP) is 3.24. The molecule has 5 rings (SSSR count). The van der Waals surface area contributed by atoms with E-state index >= 15 is 4.39 Å². The first kappa shape index (κ1) is 17.6. The Morgan fingerprint density at radius 2 is 2.10 bits per heavy atom. The molecule has 4 aromatic rings. The largest absolute Gasteiger partial charge is 0.467 e. The average molecular weight is 394 g/mol. The Bertz CT molecular complexity index is 1340. The van der Waals surface area contributed by atoms with E-state index in [2.05, 4.69) is 30.5 Å². The van der Waals surface area contributed by atoms with Crippen LogP contribution in [0, 0.1) is 12.7 Å². The van der Waals surface area contributed by atoms with Crippen molar-refractivity contribution in [1.82, 2.24) is 25.1 Å². The Morgan fingerprint density at radius 1 is 1.31 bits per heavy atom. The number of methoxy groups -OCH3 is 1. The summed E-state index contributed by atoms with van der Waals surface area (Å²) in [5, 5.41) is 10.7. The molecule has 148 valence electrons. The van der Waals surface area contributed by atoms with Gasteiger partial charge in [0.15, 0.2) is 5.82 Å². The molecule has 0 spiro atoms. The summed E-state index contributed by atoms with van der Waals surface area (Å²) in [5.41, 5.74) is 3.10. The van der Waals surface area contributed by atoms with Gasteiger partial charge in [-0.3, -0.25) is 9.89 Å². The zero-order valence-electron chi connectivity index (χ0n) is 16.2. The molecule has 0 atom stereocenters. The number of anilines is 1. The van der Waals surface area contributed by atoms with Crippen molar-refractivity contribution in [3.05, 3.63) is 39.6 Å². The third-order valence-electron chi connectivity index (χ3n) is 5.43. The molecule has 1 aliphatic rings. The van der Waals surface area contributed by atoms with E-state index in [4.69, 9.17) is 4.74 Å². The maximum atomic E-state index is 15.8. The monoisotopic (exact) mass is 394 g/mol. The highest BCUT2D eigenvalue weighted by Gasteiger charge is 2.32. The lowest BCUT2D eigenvalue weighted by Crippen LogP contribution is -2.15. The van der Waals surface area contributed by atoms with Crippen molar-refractivity contribution >= 4 is 27.6 Å². The quantitative estimate of drug-likeness (QED) is 0.490. The second kappa shape index (κ2) is 6.26. The second-order valence-electron chi connectivity index (χ2n) is 7.26. The van der Waals surface area contributed by atoms with Crippen molar-refractivity contribution in [2.45, 2.75) is 25.7 Å². The van der Waals surface area contributed by atoms with Crippen LogP contribution in [-0.2, 0) is 0 Å². The lowest BCUT2D eigenvalue weighted by atomic mass is 9.92. The van der Waals surface area contributed by atoms with Crippen molar-refractivity contribution in [1.29, 1.82) is 0 Å². The van der Waals surface area contributed by atoms with E-state index in [0.717, 1.165) is 34.9 Å². The highest BCUT2D eigenvalue weighted by molar-refractivity contribution is 5.99. The second-order valence-corrected chi connectivity index (χ2v) is 7.26. The molecule has 1 saturated carbocycles. The van der Waals surface area contributed by atoms with Crippen molar-refractivity contribution < 1.29 is 9.13 Å². The molecule has 0 radical (unpaired) electrons. The summed E-state index contributed by atoms with van der Waals surface area (Å²) in [6.45, 7) is 2.00. The standard InChI is InChI=1S/C20H19FN6O2/c1-8-6-11-10(7-23-27-11)13(12(8)9-4-5-9)16-15(21)17-14(19(28)24-16)18(22-2)26-20(25-17)29-3/h6-7,9H,4-5H2,1-3H3,(H,23,27)(H,24,28)(H,22,25,26). The zero-order valence-corrected chi connectivity index (χ0v) is 16.2. The number of hydrogen-bond acceptors (Lipinski definition) is 6. The third-order valence-corrected chi connectivity index (χ3v) is 5.43. The van der Waals surface area contributed by atoms with Crippen LogP contribution in [0.5, 0.6) is 6.01 Å². The first-order valence-corrected chi connectivity index (χ1v) is 9.35. The van der Waals surface area contributed by atoms with Crippen LogP contribution in [0.2, 0.25) is 0 Å². The van der Waals surface area contributed by atoms with Crippen LogP contribution >= 0.6 is 0 Å². The van der Waals surface area contributed by atoms with Crippen molar-refractivity contribution in [3.8, 4) is 17.3 Å². The number of ether oxygens (including phenoxy) is 1. The molecule has 9 heteroatoms. The summed E-state index contributed by atoms with van der Waals surface area (Å²) < 4.78 is 20.9. The smallest absolute Gasteiger partial charge is 0.318 e. The van der Waals surface area contributed by atoms with Gasteiger partial charge < -0.3 is 15.0 Å². The number of nitrogens with one attached hydrogen (secondary N) is 3. The molecule has 29 heavy (non-hydrogen) atoms. The van der Waals surface area contributed by atoms with Crippen molar-refractivity contribution in [3.63, 3.8) is 0 Å². The molecule has 0 amide bonds. The number of hydrogen-bond donors (Lipinski definition) is 3. The van der Waals surface area contributed by atoms with Crippen molar-refractivity contribution in [2.75, 3.05) is 19.5 Å². The van der Waals surface area contributed by atoms with Gasteiger partial charge >= 0.3 is 6.01 Å². The maximum Gasteiger partial charge on any atom is 0.318 e. The van der Waals surface area contributed by atoms with Crippen LogP contribution in [0.1, 0.15) is 29.9 Å². The van der Waals surface area contributed by atoms with E-state index in [1.54, 1.807) is 13.2 Å². The topological polar surface area (TPSA) is 109 Å². The number of nitrogens with zero attached hydrogens (tertiary/aromatic N) is 3. The summed E-state index contributed by atoms with van der Waals surface area (Å²) in [7, 11) is 3.00. The molecule has 0 aliphatic heterocycles. The van der Waals surface area contributed by atoms with Gasteiger partial charge in [-0.25, -0.2) is 4.39 Å². The molecular formula is C20H19FN6O2. The van der Waals surface area contributed by atoms with E-state index in [0.29, 0.717) is 11.5 Å². The maximum absolute atomic E-state index is 15.8. The van der Waals surface area contributed by atoms with E-state index < -0.39 is 11.4 Å². The number of fused-ring (bicyclic) bond motifs is 2.